The van der Waals surface area contributed by atoms with E-state index in [1.54, 1.807) is 4.68 Å². The number of aromatic nitrogens is 2. The smallest absolute Gasteiger partial charge is 0.239 e. The summed E-state index contributed by atoms with van der Waals surface area (Å²) in [6, 6.07) is 8.36. The van der Waals surface area contributed by atoms with Gasteiger partial charge < -0.3 is 15.8 Å². The third-order valence-electron chi connectivity index (χ3n) is 4.28. The average molecular weight is 342 g/mol. The van der Waals surface area contributed by atoms with Gasteiger partial charge in [0.15, 0.2) is 0 Å². The summed E-state index contributed by atoms with van der Waals surface area (Å²) in [6.45, 7) is 4.93. The highest BCUT2D eigenvalue weighted by Crippen LogP contribution is 2.29. The van der Waals surface area contributed by atoms with Crippen LogP contribution >= 0.6 is 0 Å². The minimum Gasteiger partial charge on any atom is -0.491 e. The molecule has 2 aromatic rings. The van der Waals surface area contributed by atoms with Crippen LogP contribution < -0.4 is 15.8 Å². The van der Waals surface area contributed by atoms with Crippen molar-refractivity contribution in [2.75, 3.05) is 0 Å². The number of amides is 1. The minimum atomic E-state index is -0.369. The van der Waals surface area contributed by atoms with Gasteiger partial charge in [-0.2, -0.15) is 5.10 Å². The molecule has 0 saturated heterocycles. The molecule has 3 N–H and O–H groups in total. The number of ether oxygens (including phenoxy) is 1. The van der Waals surface area contributed by atoms with Gasteiger partial charge in [-0.05, 0) is 56.4 Å². The molecule has 1 unspecified atom stereocenters. The second-order valence-electron chi connectivity index (χ2n) is 6.84. The number of nitrogens with two attached hydrogens (primary N) is 1. The first-order valence-electron chi connectivity index (χ1n) is 8.85. The van der Waals surface area contributed by atoms with E-state index in [4.69, 9.17) is 10.5 Å². The van der Waals surface area contributed by atoms with E-state index in [1.807, 2.05) is 32.2 Å². The first-order valence-corrected chi connectivity index (χ1v) is 8.85. The van der Waals surface area contributed by atoms with E-state index in [2.05, 4.69) is 22.5 Å². The molecule has 0 radical (unpaired) electrons. The zero-order chi connectivity index (χ0) is 17.8. The van der Waals surface area contributed by atoms with Crippen LogP contribution in [0.4, 0.5) is 0 Å². The normalized spacial score (nSPS) is 16.7. The van der Waals surface area contributed by atoms with Gasteiger partial charge in [-0.1, -0.05) is 12.1 Å². The zero-order valence-corrected chi connectivity index (χ0v) is 14.9. The number of nitrogens with one attached hydrogen (secondary N) is 1. The molecule has 25 heavy (non-hydrogen) atoms. The third kappa shape index (κ3) is 4.60. The van der Waals surface area contributed by atoms with Crippen molar-refractivity contribution in [1.82, 2.24) is 15.1 Å². The van der Waals surface area contributed by atoms with Gasteiger partial charge in [0.1, 0.15) is 12.3 Å². The lowest BCUT2D eigenvalue weighted by molar-refractivity contribution is -0.118. The fourth-order valence-electron chi connectivity index (χ4n) is 3.28. The second-order valence-corrected chi connectivity index (χ2v) is 6.84. The topological polar surface area (TPSA) is 82.2 Å². The second kappa shape index (κ2) is 7.70. The largest absolute Gasteiger partial charge is 0.491 e. The summed E-state index contributed by atoms with van der Waals surface area (Å²) >= 11 is 0. The lowest BCUT2D eigenvalue weighted by Crippen LogP contribution is -2.25. The van der Waals surface area contributed by atoms with Crippen molar-refractivity contribution in [2.45, 2.75) is 58.3 Å². The Bertz CT molecular complexity index is 739. The van der Waals surface area contributed by atoms with Crippen LogP contribution in [0.5, 0.6) is 5.75 Å². The van der Waals surface area contributed by atoms with Crippen LogP contribution in [0.3, 0.4) is 0 Å². The Morgan fingerprint density at radius 1 is 1.48 bits per heavy atom. The Kier molecular flexibility index (Phi) is 5.38. The van der Waals surface area contributed by atoms with Gasteiger partial charge in [-0.15, -0.1) is 0 Å². The van der Waals surface area contributed by atoms with Crippen molar-refractivity contribution >= 4 is 5.91 Å². The van der Waals surface area contributed by atoms with Crippen molar-refractivity contribution in [1.29, 1.82) is 0 Å². The summed E-state index contributed by atoms with van der Waals surface area (Å²) in [4.78, 5) is 11.1. The van der Waals surface area contributed by atoms with E-state index < -0.39 is 0 Å². The van der Waals surface area contributed by atoms with Gasteiger partial charge in [0.25, 0.3) is 0 Å². The fraction of sp³-hybridized carbons (Fsp3) is 0.474. The molecule has 0 fully saturated rings. The predicted octanol–water partition coefficient (Wildman–Crippen LogP) is 2.32. The number of rotatable bonds is 7. The Hall–Kier alpha value is -2.34. The number of benzene rings is 1. The highest BCUT2D eigenvalue weighted by Gasteiger charge is 2.23. The van der Waals surface area contributed by atoms with Gasteiger partial charge in [-0.25, -0.2) is 0 Å². The van der Waals surface area contributed by atoms with E-state index in [0.29, 0.717) is 0 Å². The number of carbonyl (C=O) groups excluding carboxylic acids is 1. The zero-order valence-electron chi connectivity index (χ0n) is 14.9. The molecule has 1 aromatic carbocycles. The van der Waals surface area contributed by atoms with Crippen LogP contribution in [0.15, 0.2) is 30.5 Å². The molecule has 1 atom stereocenters. The van der Waals surface area contributed by atoms with E-state index >= 15 is 0 Å². The van der Waals surface area contributed by atoms with Gasteiger partial charge >= 0.3 is 0 Å². The van der Waals surface area contributed by atoms with E-state index in [0.717, 1.165) is 37.3 Å². The highest BCUT2D eigenvalue weighted by atomic mass is 16.5. The summed E-state index contributed by atoms with van der Waals surface area (Å²) in [7, 11) is 0. The van der Waals surface area contributed by atoms with E-state index in [-0.39, 0.29) is 24.6 Å². The number of carbonyl (C=O) groups is 1. The van der Waals surface area contributed by atoms with Crippen LogP contribution in [0.1, 0.15) is 49.6 Å². The van der Waals surface area contributed by atoms with Gasteiger partial charge in [0.2, 0.25) is 5.91 Å². The SMILES string of the molecule is CC(C)Oc1cccc(CNC2CCCc3cn(CC(N)=O)nc32)c1. The number of fused-ring (bicyclic) bond motifs is 1. The molecule has 1 amide bonds. The maximum Gasteiger partial charge on any atom is 0.239 e. The van der Waals surface area contributed by atoms with Crippen LogP contribution in [-0.2, 0) is 24.3 Å². The number of aryl methyl sites for hydroxylation is 1. The first kappa shape index (κ1) is 17.5. The summed E-state index contributed by atoms with van der Waals surface area (Å²) in [5.74, 6) is 0.524. The standard InChI is InChI=1S/C19H26N4O2/c1-13(2)25-16-7-3-5-14(9-16)10-21-17-8-4-6-15-11-23(12-18(20)24)22-19(15)17/h3,5,7,9,11,13,17,21H,4,6,8,10,12H2,1-2H3,(H2,20,24). The number of primary amides is 1. The predicted molar refractivity (Wildman–Crippen MR) is 96.1 cm³/mol. The van der Waals surface area contributed by atoms with E-state index in [9.17, 15) is 4.79 Å². The third-order valence-corrected chi connectivity index (χ3v) is 4.28. The van der Waals surface area contributed by atoms with Crippen LogP contribution in [0.25, 0.3) is 0 Å². The molecule has 6 nitrogen and oxygen atoms in total. The summed E-state index contributed by atoms with van der Waals surface area (Å²) in [5, 5.41) is 8.16. The molecule has 1 aliphatic rings. The average Bonchev–Trinajstić information content (AvgIpc) is 2.94. The molecule has 1 heterocycles. The van der Waals surface area contributed by atoms with Crippen LogP contribution in [0, 0.1) is 0 Å². The lowest BCUT2D eigenvalue weighted by atomic mass is 9.93. The van der Waals surface area contributed by atoms with Crippen LogP contribution in [0.2, 0.25) is 0 Å². The van der Waals surface area contributed by atoms with Crippen molar-refractivity contribution < 1.29 is 9.53 Å². The van der Waals surface area contributed by atoms with Gasteiger partial charge in [-0.3, -0.25) is 9.48 Å². The molecular weight excluding hydrogens is 316 g/mol. The molecule has 0 saturated carbocycles. The van der Waals surface area contributed by atoms with Gasteiger partial charge in [0.05, 0.1) is 17.8 Å². The van der Waals surface area contributed by atoms with Crippen LogP contribution in [-0.4, -0.2) is 21.8 Å². The molecule has 1 aromatic heterocycles. The summed E-state index contributed by atoms with van der Waals surface area (Å²) in [5.41, 5.74) is 8.71. The van der Waals surface area contributed by atoms with Crippen molar-refractivity contribution in [3.8, 4) is 5.75 Å². The fourth-order valence-corrected chi connectivity index (χ4v) is 3.28. The molecule has 6 heteroatoms. The minimum absolute atomic E-state index is 0.133. The Balaban J connectivity index is 1.67. The summed E-state index contributed by atoms with van der Waals surface area (Å²) in [6.07, 6.45) is 5.28. The number of hydrogen-bond donors (Lipinski definition) is 2. The molecule has 0 bridgehead atoms. The van der Waals surface area contributed by atoms with Crippen molar-refractivity contribution in [2.24, 2.45) is 5.73 Å². The molecule has 134 valence electrons. The van der Waals surface area contributed by atoms with Gasteiger partial charge in [0, 0.05) is 12.7 Å². The maximum absolute atomic E-state index is 11.1. The monoisotopic (exact) mass is 342 g/mol. The maximum atomic E-state index is 11.1. The lowest BCUT2D eigenvalue weighted by Gasteiger charge is -2.22. The molecule has 1 aliphatic carbocycles. The number of nitrogens with zero attached hydrogens (tertiary/aromatic N) is 2. The van der Waals surface area contributed by atoms with Crippen molar-refractivity contribution in [3.63, 3.8) is 0 Å². The Morgan fingerprint density at radius 3 is 3.08 bits per heavy atom. The first-order chi connectivity index (χ1) is 12.0. The number of hydrogen-bond acceptors (Lipinski definition) is 4. The quantitative estimate of drug-likeness (QED) is 0.809. The Labute approximate surface area is 148 Å². The van der Waals surface area contributed by atoms with Crippen molar-refractivity contribution in [3.05, 3.63) is 47.3 Å². The Morgan fingerprint density at radius 2 is 2.32 bits per heavy atom. The van der Waals surface area contributed by atoms with E-state index in [1.165, 1.54) is 11.1 Å². The molecular formula is C19H26N4O2. The molecule has 0 aliphatic heterocycles. The summed E-state index contributed by atoms with van der Waals surface area (Å²) < 4.78 is 7.41. The molecule has 3 rings (SSSR count). The molecule has 0 spiro atoms. The highest BCUT2D eigenvalue weighted by molar-refractivity contribution is 5.73.